The Balaban J connectivity index is 0.000000357. The van der Waals surface area contributed by atoms with E-state index in [1.54, 1.807) is 47.8 Å². The second kappa shape index (κ2) is 20.2. The van der Waals surface area contributed by atoms with Gasteiger partial charge in [-0.15, -0.1) is 22.7 Å². The quantitative estimate of drug-likeness (QED) is 0.0817. The van der Waals surface area contributed by atoms with E-state index < -0.39 is 0 Å². The number of nitrogens with two attached hydrogens (primary N) is 1. The molecule has 0 atom stereocenters. The fourth-order valence-corrected chi connectivity index (χ4v) is 4.98. The molecule has 4 rings (SSSR count). The highest BCUT2D eigenvalue weighted by Crippen LogP contribution is 2.16. The average Bonchev–Trinajstić information content (AvgIpc) is 3.58. The lowest BCUT2D eigenvalue weighted by atomic mass is 10.1. The molecule has 2 N–H and O–H groups in total. The van der Waals surface area contributed by atoms with Gasteiger partial charge >= 0.3 is 5.97 Å². The molecule has 2 aromatic heterocycles. The Morgan fingerprint density at radius 3 is 1.74 bits per heavy atom. The van der Waals surface area contributed by atoms with Gasteiger partial charge in [0.2, 0.25) is 0 Å². The molecule has 0 spiro atoms. The summed E-state index contributed by atoms with van der Waals surface area (Å²) in [5, 5.41) is 9.57. The Morgan fingerprint density at radius 2 is 1.42 bits per heavy atom. The Kier molecular flexibility index (Phi) is 17.6. The molecule has 12 heteroatoms. The van der Waals surface area contributed by atoms with E-state index in [1.807, 2.05) is 31.4 Å². The zero-order valence-electron chi connectivity index (χ0n) is 24.3. The Labute approximate surface area is 260 Å². The van der Waals surface area contributed by atoms with E-state index in [-0.39, 0.29) is 38.1 Å². The number of benzene rings is 2. The summed E-state index contributed by atoms with van der Waals surface area (Å²) in [5.74, 6) is -0.740. The molecule has 2 aromatic carbocycles. The molecule has 8 nitrogen and oxygen atoms in total. The molecular weight excluding hydrogens is 591 g/mol. The van der Waals surface area contributed by atoms with Crippen LogP contribution < -0.4 is 5.73 Å². The van der Waals surface area contributed by atoms with Crippen molar-refractivity contribution in [2.24, 2.45) is 10.8 Å². The van der Waals surface area contributed by atoms with Crippen LogP contribution in [0.2, 0.25) is 0 Å². The Bertz CT molecular complexity index is 1470. The number of carbonyl (C=O) groups is 1. The highest BCUT2D eigenvalue weighted by molar-refractivity contribution is 7.09. The Morgan fingerprint density at radius 1 is 0.930 bits per heavy atom. The van der Waals surface area contributed by atoms with Crippen LogP contribution in [-0.4, -0.2) is 22.5 Å². The maximum Gasteiger partial charge on any atom is 0.302 e. The number of aromatic nitrogens is 2. The van der Waals surface area contributed by atoms with Crippen molar-refractivity contribution >= 4 is 28.6 Å². The number of halogens is 2. The van der Waals surface area contributed by atoms with Gasteiger partial charge in [-0.1, -0.05) is 36.8 Å². The lowest BCUT2D eigenvalue weighted by Gasteiger charge is -2.03. The highest BCUT2D eigenvalue weighted by atomic mass is 32.1. The normalized spacial score (nSPS) is 9.84. The van der Waals surface area contributed by atoms with Gasteiger partial charge in [0.05, 0.1) is 34.6 Å². The second-order valence-corrected chi connectivity index (χ2v) is 11.2. The number of ether oxygens (including phenoxy) is 1. The molecule has 43 heavy (non-hydrogen) atoms. The minimum absolute atomic E-state index is 0. The van der Waals surface area contributed by atoms with E-state index in [2.05, 4.69) is 30.1 Å². The van der Waals surface area contributed by atoms with Gasteiger partial charge in [-0.3, -0.25) is 4.79 Å². The fraction of sp³-hybridized carbons (Fsp3) is 0.387. The first-order chi connectivity index (χ1) is 20.1. The third-order valence-electron chi connectivity index (χ3n) is 5.78. The van der Waals surface area contributed by atoms with Crippen molar-refractivity contribution in [2.45, 2.75) is 73.9 Å². The van der Waals surface area contributed by atoms with Gasteiger partial charge in [-0.25, -0.2) is 18.7 Å². The lowest BCUT2D eigenvalue weighted by Crippen LogP contribution is -2.01. The Hall–Kier alpha value is -3.70. The summed E-state index contributed by atoms with van der Waals surface area (Å²) in [5.41, 5.74) is 18.7. The molecule has 0 fully saturated rings. The second-order valence-electron chi connectivity index (χ2n) is 9.08. The predicted molar refractivity (Wildman–Crippen MR) is 171 cm³/mol. The summed E-state index contributed by atoms with van der Waals surface area (Å²) in [4.78, 5) is 21.2. The first-order valence-electron chi connectivity index (χ1n) is 13.4. The van der Waals surface area contributed by atoms with Gasteiger partial charge in [-0.2, -0.15) is 0 Å². The monoisotopic (exact) mass is 630 g/mol. The van der Waals surface area contributed by atoms with Crippen LogP contribution in [0.4, 0.5) is 8.78 Å². The van der Waals surface area contributed by atoms with Gasteiger partial charge in [0, 0.05) is 34.7 Å². The number of rotatable bonds is 10. The molecular formula is C31H40F2N6O2S2. The number of aryl methyl sites for hydroxylation is 6. The third kappa shape index (κ3) is 14.4. The molecule has 0 unspecified atom stereocenters. The zero-order valence-corrected chi connectivity index (χ0v) is 25.9. The van der Waals surface area contributed by atoms with Crippen molar-refractivity contribution in [2.75, 3.05) is 6.61 Å². The maximum atomic E-state index is 13.7. The van der Waals surface area contributed by atoms with E-state index in [0.29, 0.717) is 17.7 Å². The molecule has 0 radical (unpaired) electrons. The van der Waals surface area contributed by atoms with Gasteiger partial charge in [0.1, 0.15) is 11.6 Å². The molecule has 0 aliphatic rings. The predicted octanol–water partition coefficient (Wildman–Crippen LogP) is 8.23. The van der Waals surface area contributed by atoms with Crippen LogP contribution in [0.25, 0.3) is 10.4 Å². The third-order valence-corrected chi connectivity index (χ3v) is 7.42. The van der Waals surface area contributed by atoms with E-state index in [9.17, 15) is 13.6 Å². The lowest BCUT2D eigenvalue weighted by molar-refractivity contribution is -0.140. The number of hydrogen-bond donors (Lipinski definition) is 1. The largest absolute Gasteiger partial charge is 0.466 e. The van der Waals surface area contributed by atoms with Gasteiger partial charge in [-0.05, 0) is 80.8 Å². The van der Waals surface area contributed by atoms with Crippen molar-refractivity contribution < 1.29 is 18.3 Å². The van der Waals surface area contributed by atoms with Crippen LogP contribution in [0.15, 0.2) is 52.3 Å². The van der Waals surface area contributed by atoms with E-state index in [0.717, 1.165) is 58.2 Å². The minimum atomic E-state index is -0.320. The van der Waals surface area contributed by atoms with Gasteiger partial charge in [0.25, 0.3) is 0 Å². The van der Waals surface area contributed by atoms with E-state index >= 15 is 0 Å². The summed E-state index contributed by atoms with van der Waals surface area (Å²) < 4.78 is 31.6. The first kappa shape index (κ1) is 37.3. The highest BCUT2D eigenvalue weighted by Gasteiger charge is 2.05. The molecule has 0 aliphatic carbocycles. The number of esters is 1. The van der Waals surface area contributed by atoms with Gasteiger partial charge < -0.3 is 10.5 Å². The van der Waals surface area contributed by atoms with Crippen LogP contribution >= 0.6 is 22.7 Å². The SMILES string of the molecule is C.CCOC(C)=O.Cc1nc(CCc2ccc(CN)c(F)c2)cs1.Cc1nc(CCc2ccc(CN=[N+]=[N-])c(F)c2)cs1. The van der Waals surface area contributed by atoms with Crippen molar-refractivity contribution in [3.63, 3.8) is 0 Å². The maximum absolute atomic E-state index is 13.7. The molecule has 4 aromatic rings. The number of carbonyl (C=O) groups excluding carboxylic acids is 1. The number of azide groups is 1. The summed E-state index contributed by atoms with van der Waals surface area (Å²) >= 11 is 3.27. The summed E-state index contributed by atoms with van der Waals surface area (Å²) in [6.45, 7) is 7.91. The summed E-state index contributed by atoms with van der Waals surface area (Å²) in [7, 11) is 0. The topological polar surface area (TPSA) is 127 Å². The average molecular weight is 631 g/mol. The van der Waals surface area contributed by atoms with Crippen molar-refractivity contribution in [3.8, 4) is 0 Å². The summed E-state index contributed by atoms with van der Waals surface area (Å²) in [6.07, 6.45) is 3.22. The van der Waals surface area contributed by atoms with Crippen LogP contribution in [0.5, 0.6) is 0 Å². The molecule has 2 heterocycles. The standard InChI is InChI=1S/C13H13FN4S.C13H15FN2S.C4H8O2.CH4/c1-9-17-12(8-19-9)5-3-10-2-4-11(7-16-18-15)13(14)6-10;1-9-16-12(8-17-9)5-3-10-2-4-11(7-15)13(14)6-10;1-3-6-4(2)5;/h2,4,6,8H,3,5,7H2,1H3;2,4,6,8H,3,5,7,15H2,1H3;3H2,1-2H3;1H4. The molecule has 0 aliphatic heterocycles. The molecule has 0 saturated heterocycles. The number of nitrogens with zero attached hydrogens (tertiary/aromatic N) is 5. The van der Waals surface area contributed by atoms with E-state index in [4.69, 9.17) is 11.3 Å². The molecule has 0 saturated carbocycles. The van der Waals surface area contributed by atoms with Crippen molar-refractivity contribution in [3.05, 3.63) is 113 Å². The van der Waals surface area contributed by atoms with E-state index in [1.165, 1.54) is 13.0 Å². The van der Waals surface area contributed by atoms with Crippen LogP contribution in [0.1, 0.15) is 64.9 Å². The number of thiazole rings is 2. The summed E-state index contributed by atoms with van der Waals surface area (Å²) in [6, 6.07) is 10.3. The fourth-order valence-electron chi connectivity index (χ4n) is 3.69. The van der Waals surface area contributed by atoms with Crippen molar-refractivity contribution in [1.82, 2.24) is 9.97 Å². The smallest absolute Gasteiger partial charge is 0.302 e. The first-order valence-corrected chi connectivity index (χ1v) is 15.1. The van der Waals surface area contributed by atoms with Crippen LogP contribution in [0.3, 0.4) is 0 Å². The van der Waals surface area contributed by atoms with Crippen LogP contribution in [0, 0.1) is 25.5 Å². The molecule has 0 bridgehead atoms. The van der Waals surface area contributed by atoms with Gasteiger partial charge in [0.15, 0.2) is 0 Å². The number of hydrogen-bond acceptors (Lipinski definition) is 8. The van der Waals surface area contributed by atoms with Crippen molar-refractivity contribution in [1.29, 1.82) is 0 Å². The molecule has 0 amide bonds. The van der Waals surface area contributed by atoms with Crippen LogP contribution in [-0.2, 0) is 48.3 Å². The molecule has 232 valence electrons. The minimum Gasteiger partial charge on any atom is -0.466 e. The zero-order chi connectivity index (χ0) is 30.9.